The van der Waals surface area contributed by atoms with Gasteiger partial charge < -0.3 is 15.2 Å². The Kier molecular flexibility index (Phi) is 7.05. The Hall–Kier alpha value is -2.99. The zero-order valence-electron chi connectivity index (χ0n) is 14.4. The van der Waals surface area contributed by atoms with Crippen LogP contribution in [0.5, 0.6) is 0 Å². The molecule has 0 saturated heterocycles. The van der Waals surface area contributed by atoms with Gasteiger partial charge in [-0.25, -0.2) is 4.79 Å². The summed E-state index contributed by atoms with van der Waals surface area (Å²) in [6.07, 6.45) is -1.11. The fourth-order valence-electron chi connectivity index (χ4n) is 2.37. The van der Waals surface area contributed by atoms with E-state index in [0.717, 1.165) is 5.56 Å². The standard InChI is InChI=1S/C20H21NO5/c1-14(22)17(12-15-8-4-2-5-9-15)21-18(23)13-26-20(25)19(24)16-10-6-3-7-11-16/h2-11,17,19,24H,12-13H2,1H3,(H,21,23)/t17-,19+/m1/s1. The molecule has 0 saturated carbocycles. The molecule has 2 aromatic rings. The molecular weight excluding hydrogens is 334 g/mol. The number of ketones is 1. The lowest BCUT2D eigenvalue weighted by Crippen LogP contribution is -2.43. The number of aliphatic hydroxyl groups excluding tert-OH is 1. The van der Waals surface area contributed by atoms with Crippen LogP contribution >= 0.6 is 0 Å². The normalized spacial score (nSPS) is 12.7. The molecular formula is C20H21NO5. The van der Waals surface area contributed by atoms with Crippen molar-refractivity contribution in [2.24, 2.45) is 0 Å². The molecule has 0 bridgehead atoms. The third kappa shape index (κ3) is 5.82. The molecule has 6 nitrogen and oxygen atoms in total. The summed E-state index contributed by atoms with van der Waals surface area (Å²) in [7, 11) is 0. The summed E-state index contributed by atoms with van der Waals surface area (Å²) in [4.78, 5) is 35.6. The second-order valence-corrected chi connectivity index (χ2v) is 5.84. The number of hydrogen-bond donors (Lipinski definition) is 2. The highest BCUT2D eigenvalue weighted by Gasteiger charge is 2.22. The lowest BCUT2D eigenvalue weighted by atomic mass is 10.0. The second-order valence-electron chi connectivity index (χ2n) is 5.84. The van der Waals surface area contributed by atoms with E-state index in [2.05, 4.69) is 5.32 Å². The van der Waals surface area contributed by atoms with Crippen molar-refractivity contribution in [2.75, 3.05) is 6.61 Å². The summed E-state index contributed by atoms with van der Waals surface area (Å²) in [5.41, 5.74) is 1.29. The first-order chi connectivity index (χ1) is 12.5. The van der Waals surface area contributed by atoms with Crippen LogP contribution in [0.15, 0.2) is 60.7 Å². The van der Waals surface area contributed by atoms with Gasteiger partial charge in [0.25, 0.3) is 5.91 Å². The number of ether oxygens (including phenoxy) is 1. The highest BCUT2D eigenvalue weighted by atomic mass is 16.5. The van der Waals surface area contributed by atoms with Crippen LogP contribution in [-0.2, 0) is 25.5 Å². The first-order valence-corrected chi connectivity index (χ1v) is 8.20. The van der Waals surface area contributed by atoms with Crippen LogP contribution in [0.2, 0.25) is 0 Å². The Labute approximate surface area is 151 Å². The molecule has 0 unspecified atom stereocenters. The molecule has 2 atom stereocenters. The number of hydrogen-bond acceptors (Lipinski definition) is 5. The summed E-state index contributed by atoms with van der Waals surface area (Å²) in [5, 5.41) is 12.5. The third-order valence-electron chi connectivity index (χ3n) is 3.79. The van der Waals surface area contributed by atoms with Gasteiger partial charge in [0.05, 0.1) is 6.04 Å². The molecule has 0 aliphatic heterocycles. The lowest BCUT2D eigenvalue weighted by molar-refractivity contribution is -0.157. The number of aliphatic hydroxyl groups is 1. The molecule has 1 amide bonds. The van der Waals surface area contributed by atoms with Crippen LogP contribution in [0.25, 0.3) is 0 Å². The fraction of sp³-hybridized carbons (Fsp3) is 0.250. The van der Waals surface area contributed by atoms with Crippen molar-refractivity contribution >= 4 is 17.7 Å². The van der Waals surface area contributed by atoms with Crippen LogP contribution in [-0.4, -0.2) is 35.4 Å². The van der Waals surface area contributed by atoms with Gasteiger partial charge in [-0.3, -0.25) is 9.59 Å². The number of esters is 1. The molecule has 0 aromatic heterocycles. The van der Waals surface area contributed by atoms with Gasteiger partial charge in [-0.15, -0.1) is 0 Å². The molecule has 2 rings (SSSR count). The van der Waals surface area contributed by atoms with Crippen molar-refractivity contribution in [1.82, 2.24) is 5.32 Å². The van der Waals surface area contributed by atoms with Crippen molar-refractivity contribution in [3.8, 4) is 0 Å². The molecule has 0 heterocycles. The Morgan fingerprint density at radius 2 is 1.58 bits per heavy atom. The quantitative estimate of drug-likeness (QED) is 0.702. The minimum absolute atomic E-state index is 0.196. The van der Waals surface area contributed by atoms with Crippen LogP contribution < -0.4 is 5.32 Å². The van der Waals surface area contributed by atoms with Crippen molar-refractivity contribution < 1.29 is 24.2 Å². The second kappa shape index (κ2) is 9.48. The van der Waals surface area contributed by atoms with E-state index in [1.54, 1.807) is 30.3 Å². The smallest absolute Gasteiger partial charge is 0.340 e. The van der Waals surface area contributed by atoms with Gasteiger partial charge >= 0.3 is 5.97 Å². The molecule has 0 aliphatic carbocycles. The highest BCUT2D eigenvalue weighted by Crippen LogP contribution is 2.13. The van der Waals surface area contributed by atoms with E-state index in [0.29, 0.717) is 12.0 Å². The van der Waals surface area contributed by atoms with Crippen LogP contribution in [0, 0.1) is 0 Å². The van der Waals surface area contributed by atoms with Crippen LogP contribution in [0.1, 0.15) is 24.2 Å². The van der Waals surface area contributed by atoms with Gasteiger partial charge in [-0.2, -0.15) is 0 Å². The lowest BCUT2D eigenvalue weighted by Gasteiger charge is -2.16. The maximum absolute atomic E-state index is 12.0. The molecule has 0 aliphatic rings. The van der Waals surface area contributed by atoms with E-state index in [1.807, 2.05) is 30.3 Å². The molecule has 6 heteroatoms. The summed E-state index contributed by atoms with van der Waals surface area (Å²) in [6.45, 7) is 0.820. The van der Waals surface area contributed by atoms with Gasteiger partial charge in [0.2, 0.25) is 0 Å². The zero-order valence-corrected chi connectivity index (χ0v) is 14.4. The molecule has 2 N–H and O–H groups in total. The largest absolute Gasteiger partial charge is 0.453 e. The van der Waals surface area contributed by atoms with E-state index in [-0.39, 0.29) is 5.78 Å². The minimum atomic E-state index is -1.46. The molecule has 0 radical (unpaired) electrons. The maximum Gasteiger partial charge on any atom is 0.340 e. The topological polar surface area (TPSA) is 92.7 Å². The van der Waals surface area contributed by atoms with E-state index in [9.17, 15) is 19.5 Å². The highest BCUT2D eigenvalue weighted by molar-refractivity contribution is 5.89. The Balaban J connectivity index is 1.86. The number of amides is 1. The first kappa shape index (κ1) is 19.3. The monoisotopic (exact) mass is 355 g/mol. The average Bonchev–Trinajstić information content (AvgIpc) is 2.66. The molecule has 0 spiro atoms. The number of nitrogens with one attached hydrogen (secondary N) is 1. The van der Waals surface area contributed by atoms with E-state index in [1.165, 1.54) is 6.92 Å². The van der Waals surface area contributed by atoms with Gasteiger partial charge in [-0.1, -0.05) is 60.7 Å². The summed E-state index contributed by atoms with van der Waals surface area (Å²) in [6, 6.07) is 16.8. The SMILES string of the molecule is CC(=O)[C@@H](Cc1ccccc1)NC(=O)COC(=O)[C@@H](O)c1ccccc1. The molecule has 2 aromatic carbocycles. The predicted octanol–water partition coefficient (Wildman–Crippen LogP) is 1.58. The van der Waals surface area contributed by atoms with Gasteiger partial charge in [0, 0.05) is 0 Å². The molecule has 0 fully saturated rings. The Morgan fingerprint density at radius 1 is 1.00 bits per heavy atom. The number of benzene rings is 2. The van der Waals surface area contributed by atoms with Crippen LogP contribution in [0.3, 0.4) is 0 Å². The minimum Gasteiger partial charge on any atom is -0.453 e. The van der Waals surface area contributed by atoms with Crippen LogP contribution in [0.4, 0.5) is 0 Å². The van der Waals surface area contributed by atoms with Gasteiger partial charge in [0.15, 0.2) is 18.5 Å². The van der Waals surface area contributed by atoms with E-state index in [4.69, 9.17) is 4.74 Å². The number of Topliss-reactive ketones (excluding diaryl/α,β-unsaturated/α-hetero) is 1. The summed E-state index contributed by atoms with van der Waals surface area (Å²) in [5.74, 6) is -1.72. The van der Waals surface area contributed by atoms with Crippen molar-refractivity contribution in [1.29, 1.82) is 0 Å². The number of carbonyl (C=O) groups excluding carboxylic acids is 3. The summed E-state index contributed by atoms with van der Waals surface area (Å²) < 4.78 is 4.84. The zero-order chi connectivity index (χ0) is 18.9. The average molecular weight is 355 g/mol. The fourth-order valence-corrected chi connectivity index (χ4v) is 2.37. The van der Waals surface area contributed by atoms with Crippen molar-refractivity contribution in [3.63, 3.8) is 0 Å². The molecule has 26 heavy (non-hydrogen) atoms. The van der Waals surface area contributed by atoms with E-state index >= 15 is 0 Å². The maximum atomic E-state index is 12.0. The Bertz CT molecular complexity index is 745. The van der Waals surface area contributed by atoms with Gasteiger partial charge in [0.1, 0.15) is 0 Å². The number of carbonyl (C=O) groups is 3. The predicted molar refractivity (Wildman–Crippen MR) is 95.1 cm³/mol. The molecule has 136 valence electrons. The van der Waals surface area contributed by atoms with Gasteiger partial charge in [-0.05, 0) is 24.5 Å². The van der Waals surface area contributed by atoms with Crippen molar-refractivity contribution in [3.05, 3.63) is 71.8 Å². The van der Waals surface area contributed by atoms with Crippen molar-refractivity contribution in [2.45, 2.75) is 25.5 Å². The Morgan fingerprint density at radius 3 is 2.15 bits per heavy atom. The summed E-state index contributed by atoms with van der Waals surface area (Å²) >= 11 is 0. The van der Waals surface area contributed by atoms with E-state index < -0.39 is 30.6 Å². The third-order valence-corrected chi connectivity index (χ3v) is 3.79. The number of rotatable bonds is 8. The first-order valence-electron chi connectivity index (χ1n) is 8.20.